The number of aromatic carboxylic acids is 1. The van der Waals surface area contributed by atoms with Crippen molar-refractivity contribution in [3.8, 4) is 11.5 Å². The summed E-state index contributed by atoms with van der Waals surface area (Å²) in [6.07, 6.45) is -1.93. The highest BCUT2D eigenvalue weighted by atomic mass is 16.5. The first-order valence-corrected chi connectivity index (χ1v) is 4.43. The van der Waals surface area contributed by atoms with Crippen molar-refractivity contribution in [2.45, 2.75) is 6.10 Å². The lowest BCUT2D eigenvalue weighted by Gasteiger charge is -2.13. The number of carbonyl (C=O) groups is 2. The lowest BCUT2D eigenvalue weighted by atomic mass is 10.0. The fourth-order valence-corrected chi connectivity index (χ4v) is 1.28. The number of aliphatic hydroxyl groups excluding tert-OH is 1. The maximum absolute atomic E-state index is 10.7. The molecule has 0 aliphatic carbocycles. The SMILES string of the molecule is COc1cc(O)c(C(=O)O)cc1C(O)C(=O)O. The second-order valence-corrected chi connectivity index (χ2v) is 3.16. The van der Waals surface area contributed by atoms with Crippen LogP contribution in [0.1, 0.15) is 22.0 Å². The van der Waals surface area contributed by atoms with Crippen LogP contribution in [-0.4, -0.2) is 39.5 Å². The third kappa shape index (κ3) is 2.45. The zero-order valence-corrected chi connectivity index (χ0v) is 8.75. The predicted octanol–water partition coefficient (Wildman–Crippen LogP) is 0.217. The topological polar surface area (TPSA) is 124 Å². The van der Waals surface area contributed by atoms with E-state index in [0.717, 1.165) is 12.1 Å². The lowest BCUT2D eigenvalue weighted by Crippen LogP contribution is -2.13. The van der Waals surface area contributed by atoms with Crippen LogP contribution < -0.4 is 4.74 Å². The molecule has 0 amide bonds. The first kappa shape index (κ1) is 12.8. The van der Waals surface area contributed by atoms with Crippen molar-refractivity contribution in [1.29, 1.82) is 0 Å². The number of carboxylic acids is 2. The Labute approximate surface area is 95.5 Å². The van der Waals surface area contributed by atoms with E-state index >= 15 is 0 Å². The molecule has 0 aliphatic heterocycles. The van der Waals surface area contributed by atoms with Crippen molar-refractivity contribution in [1.82, 2.24) is 0 Å². The molecule has 17 heavy (non-hydrogen) atoms. The second-order valence-electron chi connectivity index (χ2n) is 3.16. The zero-order valence-electron chi connectivity index (χ0n) is 8.75. The highest BCUT2D eigenvalue weighted by Gasteiger charge is 2.24. The van der Waals surface area contributed by atoms with Crippen molar-refractivity contribution in [2.24, 2.45) is 0 Å². The lowest BCUT2D eigenvalue weighted by molar-refractivity contribution is -0.147. The van der Waals surface area contributed by atoms with Crippen LogP contribution in [0.4, 0.5) is 0 Å². The summed E-state index contributed by atoms with van der Waals surface area (Å²) in [5, 5.41) is 36.1. The molecule has 1 atom stereocenters. The number of rotatable bonds is 4. The van der Waals surface area contributed by atoms with Gasteiger partial charge in [0.1, 0.15) is 17.1 Å². The molecule has 0 aliphatic rings. The van der Waals surface area contributed by atoms with Crippen molar-refractivity contribution < 1.29 is 34.8 Å². The summed E-state index contributed by atoms with van der Waals surface area (Å²) in [5.74, 6) is -3.67. The molecule has 1 aromatic rings. The van der Waals surface area contributed by atoms with Crippen LogP contribution in [0.15, 0.2) is 12.1 Å². The van der Waals surface area contributed by atoms with Gasteiger partial charge in [0.15, 0.2) is 6.10 Å². The van der Waals surface area contributed by atoms with Gasteiger partial charge in [-0.1, -0.05) is 0 Å². The van der Waals surface area contributed by atoms with Gasteiger partial charge in [0, 0.05) is 11.6 Å². The summed E-state index contributed by atoms with van der Waals surface area (Å²) in [7, 11) is 1.20. The van der Waals surface area contributed by atoms with Gasteiger partial charge in [0.25, 0.3) is 0 Å². The van der Waals surface area contributed by atoms with Gasteiger partial charge in [-0.3, -0.25) is 0 Å². The van der Waals surface area contributed by atoms with E-state index in [0.29, 0.717) is 0 Å². The number of benzene rings is 1. The number of phenols is 1. The Kier molecular flexibility index (Phi) is 3.54. The Morgan fingerprint density at radius 2 is 1.88 bits per heavy atom. The smallest absolute Gasteiger partial charge is 0.339 e. The molecule has 7 nitrogen and oxygen atoms in total. The van der Waals surface area contributed by atoms with E-state index in [1.54, 1.807) is 0 Å². The number of aliphatic carboxylic acids is 1. The Morgan fingerprint density at radius 3 is 2.29 bits per heavy atom. The van der Waals surface area contributed by atoms with Gasteiger partial charge in [-0.15, -0.1) is 0 Å². The molecule has 0 saturated carbocycles. The molecular formula is C10H10O7. The van der Waals surface area contributed by atoms with Crippen molar-refractivity contribution in [2.75, 3.05) is 7.11 Å². The van der Waals surface area contributed by atoms with E-state index in [1.807, 2.05) is 0 Å². The number of hydrogen-bond donors (Lipinski definition) is 4. The molecule has 1 unspecified atom stereocenters. The van der Waals surface area contributed by atoms with E-state index in [9.17, 15) is 19.8 Å². The van der Waals surface area contributed by atoms with Gasteiger partial charge < -0.3 is 25.2 Å². The molecule has 1 aromatic carbocycles. The monoisotopic (exact) mass is 242 g/mol. The summed E-state index contributed by atoms with van der Waals surface area (Å²) >= 11 is 0. The highest BCUT2D eigenvalue weighted by Crippen LogP contribution is 2.32. The second kappa shape index (κ2) is 4.71. The molecule has 1 rings (SSSR count). The largest absolute Gasteiger partial charge is 0.507 e. The van der Waals surface area contributed by atoms with Crippen LogP contribution in [0, 0.1) is 0 Å². The molecule has 0 bridgehead atoms. The van der Waals surface area contributed by atoms with Crippen molar-refractivity contribution in [3.63, 3.8) is 0 Å². The number of hydrogen-bond acceptors (Lipinski definition) is 5. The van der Waals surface area contributed by atoms with E-state index in [1.165, 1.54) is 7.11 Å². The molecule has 0 radical (unpaired) electrons. The zero-order chi connectivity index (χ0) is 13.2. The molecule has 0 heterocycles. The van der Waals surface area contributed by atoms with Gasteiger partial charge in [-0.2, -0.15) is 0 Å². The third-order valence-corrected chi connectivity index (χ3v) is 2.11. The molecule has 0 spiro atoms. The van der Waals surface area contributed by atoms with E-state index < -0.39 is 29.4 Å². The standard InChI is InChI=1S/C10H10O7/c1-17-7-3-6(11)4(9(13)14)2-5(7)8(12)10(15)16/h2-3,8,11-12H,1H3,(H,13,14)(H,15,16). The van der Waals surface area contributed by atoms with Crippen LogP contribution in [-0.2, 0) is 4.79 Å². The third-order valence-electron chi connectivity index (χ3n) is 2.11. The molecule has 92 valence electrons. The maximum Gasteiger partial charge on any atom is 0.339 e. The van der Waals surface area contributed by atoms with Crippen LogP contribution in [0.3, 0.4) is 0 Å². The summed E-state index contributed by atoms with van der Waals surface area (Å²) in [6.45, 7) is 0. The molecule has 7 heteroatoms. The minimum Gasteiger partial charge on any atom is -0.507 e. The van der Waals surface area contributed by atoms with Crippen LogP contribution in [0.5, 0.6) is 11.5 Å². The number of carboxylic acid groups (broad SMARTS) is 2. The minimum atomic E-state index is -1.93. The fraction of sp³-hybridized carbons (Fsp3) is 0.200. The van der Waals surface area contributed by atoms with E-state index in [-0.39, 0.29) is 11.3 Å². The molecule has 0 fully saturated rings. The highest BCUT2D eigenvalue weighted by molar-refractivity contribution is 5.92. The fourth-order valence-electron chi connectivity index (χ4n) is 1.28. The van der Waals surface area contributed by atoms with E-state index in [4.69, 9.17) is 14.9 Å². The number of aromatic hydroxyl groups is 1. The van der Waals surface area contributed by atoms with Gasteiger partial charge >= 0.3 is 11.9 Å². The van der Waals surface area contributed by atoms with Gasteiger partial charge in [0.05, 0.1) is 7.11 Å². The first-order chi connectivity index (χ1) is 7.88. The van der Waals surface area contributed by atoms with Crippen LogP contribution >= 0.6 is 0 Å². The van der Waals surface area contributed by atoms with Gasteiger partial charge in [0.2, 0.25) is 0 Å². The van der Waals surface area contributed by atoms with Crippen LogP contribution in [0.25, 0.3) is 0 Å². The van der Waals surface area contributed by atoms with Gasteiger partial charge in [-0.25, -0.2) is 9.59 Å². The molecule has 0 aromatic heterocycles. The van der Waals surface area contributed by atoms with Crippen LogP contribution in [0.2, 0.25) is 0 Å². The summed E-state index contributed by atoms with van der Waals surface area (Å²) < 4.78 is 4.76. The Balaban J connectivity index is 3.41. The Hall–Kier alpha value is -2.28. The summed E-state index contributed by atoms with van der Waals surface area (Å²) in [4.78, 5) is 21.4. The van der Waals surface area contributed by atoms with Crippen molar-refractivity contribution in [3.05, 3.63) is 23.3 Å². The number of ether oxygens (including phenoxy) is 1. The number of methoxy groups -OCH3 is 1. The normalized spacial score (nSPS) is 11.9. The average Bonchev–Trinajstić information content (AvgIpc) is 2.26. The van der Waals surface area contributed by atoms with E-state index in [2.05, 4.69) is 0 Å². The van der Waals surface area contributed by atoms with Crippen molar-refractivity contribution >= 4 is 11.9 Å². The summed E-state index contributed by atoms with van der Waals surface area (Å²) in [5.41, 5.74) is -0.753. The molecular weight excluding hydrogens is 232 g/mol. The summed E-state index contributed by atoms with van der Waals surface area (Å²) in [6, 6.07) is 1.79. The Morgan fingerprint density at radius 1 is 1.29 bits per heavy atom. The maximum atomic E-state index is 10.7. The quantitative estimate of drug-likeness (QED) is 0.595. The van der Waals surface area contributed by atoms with Gasteiger partial charge in [-0.05, 0) is 6.07 Å². The minimum absolute atomic E-state index is 0.109. The Bertz CT molecular complexity index is 466. The first-order valence-electron chi connectivity index (χ1n) is 4.43. The molecule has 4 N–H and O–H groups in total. The average molecular weight is 242 g/mol. The number of aliphatic hydroxyl groups is 1. The molecule has 0 saturated heterocycles. The predicted molar refractivity (Wildman–Crippen MR) is 54.2 cm³/mol.